The first-order valence-electron chi connectivity index (χ1n) is 10.8. The highest BCUT2D eigenvalue weighted by Gasteiger charge is 2.51. The van der Waals surface area contributed by atoms with Crippen LogP contribution in [-0.4, -0.2) is 55.2 Å². The lowest BCUT2D eigenvalue weighted by atomic mass is 9.90. The molecule has 2 aromatic rings. The van der Waals surface area contributed by atoms with Crippen molar-refractivity contribution in [1.82, 2.24) is 9.91 Å². The molecule has 5 rings (SSSR count). The average molecular weight is 408 g/mol. The molecule has 1 saturated heterocycles. The van der Waals surface area contributed by atoms with E-state index in [1.54, 1.807) is 14.2 Å². The molecule has 1 spiro atoms. The Hall–Kier alpha value is -2.73. The molecule has 158 valence electrons. The van der Waals surface area contributed by atoms with Crippen LogP contribution in [0.2, 0.25) is 0 Å². The Morgan fingerprint density at radius 2 is 1.90 bits per heavy atom. The van der Waals surface area contributed by atoms with Crippen LogP contribution in [0.4, 0.5) is 0 Å². The molecule has 0 N–H and O–H groups in total. The normalized spacial score (nSPS) is 22.2. The van der Waals surface area contributed by atoms with Gasteiger partial charge in [-0.05, 0) is 24.7 Å². The summed E-state index contributed by atoms with van der Waals surface area (Å²) in [4.78, 5) is 2.48. The van der Waals surface area contributed by atoms with Gasteiger partial charge < -0.3 is 19.1 Å². The summed E-state index contributed by atoms with van der Waals surface area (Å²) in [5.74, 6) is 2.57. The summed E-state index contributed by atoms with van der Waals surface area (Å²) in [5.41, 5.74) is 2.89. The highest BCUT2D eigenvalue weighted by Crippen LogP contribution is 2.50. The Kier molecular flexibility index (Phi) is 4.82. The highest BCUT2D eigenvalue weighted by atomic mass is 16.5. The predicted molar refractivity (Wildman–Crippen MR) is 116 cm³/mol. The van der Waals surface area contributed by atoms with Crippen LogP contribution < -0.4 is 14.2 Å². The van der Waals surface area contributed by atoms with Crippen molar-refractivity contribution < 1.29 is 14.2 Å². The second-order valence-corrected chi connectivity index (χ2v) is 8.20. The number of hydrogen-bond acceptors (Lipinski definition) is 6. The molecule has 30 heavy (non-hydrogen) atoms. The van der Waals surface area contributed by atoms with E-state index in [1.807, 2.05) is 18.2 Å². The molecule has 0 radical (unpaired) electrons. The van der Waals surface area contributed by atoms with Crippen LogP contribution >= 0.6 is 0 Å². The van der Waals surface area contributed by atoms with E-state index in [-0.39, 0.29) is 11.8 Å². The van der Waals surface area contributed by atoms with Crippen LogP contribution in [0.1, 0.15) is 43.4 Å². The number of para-hydroxylation sites is 1. The summed E-state index contributed by atoms with van der Waals surface area (Å²) in [6.45, 7) is 5.35. The number of rotatable bonds is 4. The highest BCUT2D eigenvalue weighted by molar-refractivity contribution is 6.04. The third-order valence-electron chi connectivity index (χ3n) is 6.71. The number of methoxy groups -OCH3 is 2. The maximum atomic E-state index is 6.69. The fourth-order valence-corrected chi connectivity index (χ4v) is 4.98. The third-order valence-corrected chi connectivity index (χ3v) is 6.71. The lowest BCUT2D eigenvalue weighted by molar-refractivity contribution is -0.149. The van der Waals surface area contributed by atoms with Crippen LogP contribution in [0, 0.1) is 0 Å². The van der Waals surface area contributed by atoms with Crippen molar-refractivity contribution in [3.05, 3.63) is 53.6 Å². The Morgan fingerprint density at radius 3 is 2.63 bits per heavy atom. The molecule has 3 aliphatic rings. The minimum atomic E-state index is -0.383. The van der Waals surface area contributed by atoms with E-state index in [1.165, 1.54) is 5.56 Å². The SMILES string of the molecule is CCN1CCC2(CC1)Oc1ccccc1[C@H]1CC(c3ccc(OC)cc3OC)=NN12. The zero-order chi connectivity index (χ0) is 20.7. The van der Waals surface area contributed by atoms with Crippen molar-refractivity contribution in [3.8, 4) is 17.2 Å². The third kappa shape index (κ3) is 3.01. The van der Waals surface area contributed by atoms with Crippen molar-refractivity contribution in [1.29, 1.82) is 0 Å². The summed E-state index contributed by atoms with van der Waals surface area (Å²) in [6, 6.07) is 14.6. The van der Waals surface area contributed by atoms with Crippen LogP contribution in [-0.2, 0) is 0 Å². The molecular weight excluding hydrogens is 378 g/mol. The van der Waals surface area contributed by atoms with Gasteiger partial charge in [0.2, 0.25) is 5.72 Å². The second kappa shape index (κ2) is 7.51. The van der Waals surface area contributed by atoms with E-state index in [9.17, 15) is 0 Å². The lowest BCUT2D eigenvalue weighted by Gasteiger charge is -2.51. The van der Waals surface area contributed by atoms with E-state index in [0.717, 1.165) is 67.4 Å². The van der Waals surface area contributed by atoms with Crippen LogP contribution in [0.25, 0.3) is 0 Å². The largest absolute Gasteiger partial charge is 0.497 e. The molecule has 1 atom stereocenters. The first kappa shape index (κ1) is 19.2. The van der Waals surface area contributed by atoms with Crippen LogP contribution in [0.15, 0.2) is 47.6 Å². The number of fused-ring (bicyclic) bond motifs is 4. The molecule has 0 bridgehead atoms. The fraction of sp³-hybridized carbons (Fsp3) is 0.458. The summed E-state index contributed by atoms with van der Waals surface area (Å²) in [7, 11) is 3.37. The average Bonchev–Trinajstić information content (AvgIpc) is 3.26. The van der Waals surface area contributed by atoms with Gasteiger partial charge in [-0.3, -0.25) is 0 Å². The van der Waals surface area contributed by atoms with Crippen molar-refractivity contribution in [2.75, 3.05) is 33.9 Å². The lowest BCUT2D eigenvalue weighted by Crippen LogP contribution is -2.59. The van der Waals surface area contributed by atoms with Gasteiger partial charge in [0.1, 0.15) is 17.2 Å². The molecule has 6 nitrogen and oxygen atoms in total. The van der Waals surface area contributed by atoms with Gasteiger partial charge in [0.05, 0.1) is 26.0 Å². The summed E-state index contributed by atoms with van der Waals surface area (Å²) >= 11 is 0. The number of benzene rings is 2. The Labute approximate surface area is 178 Å². The molecule has 0 unspecified atom stereocenters. The molecule has 3 aliphatic heterocycles. The van der Waals surface area contributed by atoms with Gasteiger partial charge in [0, 0.05) is 49.5 Å². The molecule has 0 saturated carbocycles. The second-order valence-electron chi connectivity index (χ2n) is 8.20. The van der Waals surface area contributed by atoms with Crippen molar-refractivity contribution in [3.63, 3.8) is 0 Å². The number of piperidine rings is 1. The first-order chi connectivity index (χ1) is 14.7. The number of hydrazone groups is 1. The minimum Gasteiger partial charge on any atom is -0.497 e. The van der Waals surface area contributed by atoms with Crippen LogP contribution in [0.3, 0.4) is 0 Å². The summed E-state index contributed by atoms with van der Waals surface area (Å²) < 4.78 is 17.7. The fourth-order valence-electron chi connectivity index (χ4n) is 4.98. The monoisotopic (exact) mass is 407 g/mol. The number of nitrogens with zero attached hydrogens (tertiary/aromatic N) is 3. The Balaban J connectivity index is 1.55. The molecule has 0 aromatic heterocycles. The topological polar surface area (TPSA) is 46.5 Å². The van der Waals surface area contributed by atoms with Gasteiger partial charge in [-0.15, -0.1) is 0 Å². The predicted octanol–water partition coefficient (Wildman–Crippen LogP) is 4.06. The number of hydrogen-bond donors (Lipinski definition) is 0. The van der Waals surface area contributed by atoms with Crippen molar-refractivity contribution in [2.45, 2.75) is 38.0 Å². The smallest absolute Gasteiger partial charge is 0.200 e. The molecule has 0 aliphatic carbocycles. The van der Waals surface area contributed by atoms with E-state index >= 15 is 0 Å². The number of likely N-dealkylation sites (tertiary alicyclic amines) is 1. The molecule has 2 aromatic carbocycles. The zero-order valence-corrected chi connectivity index (χ0v) is 17.9. The summed E-state index contributed by atoms with van der Waals surface area (Å²) in [5, 5.41) is 7.41. The summed E-state index contributed by atoms with van der Waals surface area (Å²) in [6.07, 6.45) is 2.73. The molecular formula is C24H29N3O3. The minimum absolute atomic E-state index is 0.185. The Morgan fingerprint density at radius 1 is 1.10 bits per heavy atom. The molecule has 0 amide bonds. The van der Waals surface area contributed by atoms with Gasteiger partial charge in [-0.1, -0.05) is 25.1 Å². The van der Waals surface area contributed by atoms with Crippen molar-refractivity contribution >= 4 is 5.71 Å². The van der Waals surface area contributed by atoms with Gasteiger partial charge in [0.25, 0.3) is 0 Å². The Bertz CT molecular complexity index is 966. The van der Waals surface area contributed by atoms with Gasteiger partial charge >= 0.3 is 0 Å². The molecule has 6 heteroatoms. The standard InChI is InChI=1S/C24H29N3O3/c1-4-26-13-11-24(12-14-26)27-21(19-7-5-6-8-22(19)30-24)16-20(25-27)18-10-9-17(28-2)15-23(18)29-3/h5-10,15,21H,4,11-14,16H2,1-3H3/t21-/m1/s1. The van der Waals surface area contributed by atoms with E-state index in [4.69, 9.17) is 19.3 Å². The van der Waals surface area contributed by atoms with E-state index in [2.05, 4.69) is 41.1 Å². The zero-order valence-electron chi connectivity index (χ0n) is 17.9. The van der Waals surface area contributed by atoms with Gasteiger partial charge in [-0.25, -0.2) is 5.01 Å². The van der Waals surface area contributed by atoms with Crippen LogP contribution in [0.5, 0.6) is 17.2 Å². The first-order valence-corrected chi connectivity index (χ1v) is 10.8. The molecule has 1 fully saturated rings. The van der Waals surface area contributed by atoms with E-state index in [0.29, 0.717) is 0 Å². The van der Waals surface area contributed by atoms with Crippen molar-refractivity contribution in [2.24, 2.45) is 5.10 Å². The van der Waals surface area contributed by atoms with Gasteiger partial charge in [-0.2, -0.15) is 5.10 Å². The quantitative estimate of drug-likeness (QED) is 0.765. The van der Waals surface area contributed by atoms with Gasteiger partial charge in [0.15, 0.2) is 0 Å². The maximum Gasteiger partial charge on any atom is 0.200 e. The molecule has 3 heterocycles. The number of ether oxygens (including phenoxy) is 3. The van der Waals surface area contributed by atoms with E-state index < -0.39 is 0 Å². The maximum absolute atomic E-state index is 6.69.